The van der Waals surface area contributed by atoms with E-state index in [0.29, 0.717) is 5.02 Å². The molecular formula is C17H16Cl2N2O5S. The zero-order valence-electron chi connectivity index (χ0n) is 14.4. The lowest BCUT2D eigenvalue weighted by atomic mass is 10.2. The van der Waals surface area contributed by atoms with Gasteiger partial charge < -0.3 is 10.1 Å². The van der Waals surface area contributed by atoms with Crippen molar-refractivity contribution < 1.29 is 22.7 Å². The summed E-state index contributed by atoms with van der Waals surface area (Å²) >= 11 is 11.8. The number of ether oxygens (including phenoxy) is 1. The number of carbonyl (C=O) groups is 2. The van der Waals surface area contributed by atoms with Crippen molar-refractivity contribution in [3.05, 3.63) is 58.1 Å². The van der Waals surface area contributed by atoms with Crippen molar-refractivity contribution in [3.8, 4) is 0 Å². The average Bonchev–Trinajstić information content (AvgIpc) is 2.61. The molecule has 0 radical (unpaired) electrons. The molecule has 0 aliphatic rings. The van der Waals surface area contributed by atoms with Crippen molar-refractivity contribution in [3.63, 3.8) is 0 Å². The van der Waals surface area contributed by atoms with E-state index >= 15 is 0 Å². The lowest BCUT2D eigenvalue weighted by Gasteiger charge is -2.22. The van der Waals surface area contributed by atoms with Crippen molar-refractivity contribution in [2.45, 2.75) is 0 Å². The molecule has 0 saturated heterocycles. The van der Waals surface area contributed by atoms with E-state index in [1.165, 1.54) is 49.6 Å². The van der Waals surface area contributed by atoms with Gasteiger partial charge in [-0.15, -0.1) is 0 Å². The highest BCUT2D eigenvalue weighted by molar-refractivity contribution is 7.92. The summed E-state index contributed by atoms with van der Waals surface area (Å²) in [4.78, 5) is 24.0. The topological polar surface area (TPSA) is 92.8 Å². The Labute approximate surface area is 166 Å². The number of amides is 1. The number of nitrogens with one attached hydrogen (secondary N) is 1. The number of halogens is 2. The Hall–Kier alpha value is -2.29. The molecular weight excluding hydrogens is 415 g/mol. The number of hydrogen-bond acceptors (Lipinski definition) is 5. The van der Waals surface area contributed by atoms with Crippen LogP contribution in [0.25, 0.3) is 0 Å². The molecule has 0 heterocycles. The molecule has 2 aromatic carbocycles. The van der Waals surface area contributed by atoms with Crippen LogP contribution in [-0.4, -0.2) is 40.2 Å². The van der Waals surface area contributed by atoms with Gasteiger partial charge in [-0.25, -0.2) is 13.2 Å². The van der Waals surface area contributed by atoms with Gasteiger partial charge in [-0.2, -0.15) is 0 Å². The van der Waals surface area contributed by atoms with Crippen molar-refractivity contribution in [2.24, 2.45) is 0 Å². The second-order valence-electron chi connectivity index (χ2n) is 5.48. The van der Waals surface area contributed by atoms with Crippen LogP contribution >= 0.6 is 23.2 Å². The number of benzene rings is 2. The Morgan fingerprint density at radius 2 is 1.74 bits per heavy atom. The minimum Gasteiger partial charge on any atom is -0.465 e. The van der Waals surface area contributed by atoms with Crippen molar-refractivity contribution >= 4 is 56.5 Å². The number of rotatable bonds is 6. The van der Waals surface area contributed by atoms with Crippen LogP contribution in [0.5, 0.6) is 0 Å². The molecule has 144 valence electrons. The Morgan fingerprint density at radius 3 is 2.30 bits per heavy atom. The van der Waals surface area contributed by atoms with E-state index in [1.54, 1.807) is 0 Å². The molecule has 1 amide bonds. The zero-order chi connectivity index (χ0) is 20.2. The first-order chi connectivity index (χ1) is 12.6. The van der Waals surface area contributed by atoms with Gasteiger partial charge in [0.2, 0.25) is 15.9 Å². The van der Waals surface area contributed by atoms with Crippen LogP contribution in [0.4, 0.5) is 11.4 Å². The smallest absolute Gasteiger partial charge is 0.337 e. The van der Waals surface area contributed by atoms with E-state index in [4.69, 9.17) is 23.2 Å². The first-order valence-corrected chi connectivity index (χ1v) is 10.1. The molecule has 0 unspecified atom stereocenters. The monoisotopic (exact) mass is 430 g/mol. The minimum atomic E-state index is -3.73. The second kappa shape index (κ2) is 8.60. The third-order valence-electron chi connectivity index (χ3n) is 3.46. The quantitative estimate of drug-likeness (QED) is 0.710. The van der Waals surface area contributed by atoms with E-state index in [9.17, 15) is 18.0 Å². The van der Waals surface area contributed by atoms with Gasteiger partial charge in [0.25, 0.3) is 0 Å². The third-order valence-corrected chi connectivity index (χ3v) is 5.19. The molecule has 0 fully saturated rings. The van der Waals surface area contributed by atoms with Crippen molar-refractivity contribution in [2.75, 3.05) is 29.5 Å². The van der Waals surface area contributed by atoms with Crippen LogP contribution in [0.1, 0.15) is 10.4 Å². The predicted molar refractivity (Wildman–Crippen MR) is 105 cm³/mol. The van der Waals surface area contributed by atoms with Crippen molar-refractivity contribution in [1.29, 1.82) is 0 Å². The molecule has 0 spiro atoms. The van der Waals surface area contributed by atoms with Gasteiger partial charge in [-0.3, -0.25) is 9.10 Å². The zero-order valence-corrected chi connectivity index (χ0v) is 16.7. The van der Waals surface area contributed by atoms with Crippen LogP contribution in [-0.2, 0) is 19.6 Å². The van der Waals surface area contributed by atoms with E-state index in [-0.39, 0.29) is 22.0 Å². The van der Waals surface area contributed by atoms with Gasteiger partial charge in [0.1, 0.15) is 6.54 Å². The van der Waals surface area contributed by atoms with E-state index < -0.39 is 28.4 Å². The molecule has 2 rings (SSSR count). The molecule has 0 aliphatic carbocycles. The average molecular weight is 431 g/mol. The van der Waals surface area contributed by atoms with Crippen LogP contribution < -0.4 is 9.62 Å². The highest BCUT2D eigenvalue weighted by Crippen LogP contribution is 2.24. The lowest BCUT2D eigenvalue weighted by Crippen LogP contribution is -2.37. The summed E-state index contributed by atoms with van der Waals surface area (Å²) in [6.45, 7) is -0.487. The van der Waals surface area contributed by atoms with Gasteiger partial charge in [-0.05, 0) is 42.5 Å². The first kappa shape index (κ1) is 21.0. The predicted octanol–water partition coefficient (Wildman–Crippen LogP) is 3.18. The summed E-state index contributed by atoms with van der Waals surface area (Å²) in [7, 11) is -2.50. The van der Waals surface area contributed by atoms with Crippen LogP contribution in [0, 0.1) is 0 Å². The maximum absolute atomic E-state index is 12.4. The third kappa shape index (κ3) is 5.59. The number of hydrogen-bond donors (Lipinski definition) is 1. The Morgan fingerprint density at radius 1 is 1.11 bits per heavy atom. The van der Waals surface area contributed by atoms with Gasteiger partial charge in [-0.1, -0.05) is 23.2 Å². The Bertz CT molecular complexity index is 962. The number of esters is 1. The highest BCUT2D eigenvalue weighted by Gasteiger charge is 2.21. The molecule has 10 heteroatoms. The number of methoxy groups -OCH3 is 1. The number of carbonyl (C=O) groups excluding carboxylic acids is 2. The van der Waals surface area contributed by atoms with Gasteiger partial charge in [0.05, 0.1) is 35.3 Å². The highest BCUT2D eigenvalue weighted by atomic mass is 35.5. The maximum Gasteiger partial charge on any atom is 0.337 e. The van der Waals surface area contributed by atoms with Crippen molar-refractivity contribution in [1.82, 2.24) is 0 Å². The fourth-order valence-electron chi connectivity index (χ4n) is 2.19. The first-order valence-electron chi connectivity index (χ1n) is 7.53. The second-order valence-corrected chi connectivity index (χ2v) is 8.23. The molecule has 0 bridgehead atoms. The molecule has 2 aromatic rings. The molecule has 1 N–H and O–H groups in total. The number of anilines is 2. The summed E-state index contributed by atoms with van der Waals surface area (Å²) in [5.41, 5.74) is 0.635. The standard InChI is InChI=1S/C17H16Cl2N2O5S/c1-26-17(23)11-3-8-14(19)15(9-11)20-16(22)10-21(27(2,24)25)13-6-4-12(18)5-7-13/h3-9H,10H2,1-2H3,(H,20,22). The minimum absolute atomic E-state index is 0.161. The molecule has 7 nitrogen and oxygen atoms in total. The molecule has 0 aliphatic heterocycles. The van der Waals surface area contributed by atoms with Crippen LogP contribution in [0.15, 0.2) is 42.5 Å². The summed E-state index contributed by atoms with van der Waals surface area (Å²) < 4.78 is 29.7. The normalized spacial score (nSPS) is 11.0. The largest absolute Gasteiger partial charge is 0.465 e. The summed E-state index contributed by atoms with van der Waals surface area (Å²) in [6, 6.07) is 10.2. The van der Waals surface area contributed by atoms with E-state index in [1.807, 2.05) is 0 Å². The fourth-order valence-corrected chi connectivity index (χ4v) is 3.34. The van der Waals surface area contributed by atoms with Gasteiger partial charge >= 0.3 is 5.97 Å². The Kier molecular flexibility index (Phi) is 6.69. The van der Waals surface area contributed by atoms with Crippen LogP contribution in [0.3, 0.4) is 0 Å². The molecule has 27 heavy (non-hydrogen) atoms. The molecule has 0 saturated carbocycles. The number of sulfonamides is 1. The maximum atomic E-state index is 12.4. The molecule has 0 atom stereocenters. The van der Waals surface area contributed by atoms with E-state index in [2.05, 4.69) is 10.1 Å². The molecule has 0 aromatic heterocycles. The fraction of sp³-hybridized carbons (Fsp3) is 0.176. The van der Waals surface area contributed by atoms with E-state index in [0.717, 1.165) is 10.6 Å². The summed E-state index contributed by atoms with van der Waals surface area (Å²) in [6.07, 6.45) is 0.986. The Balaban J connectivity index is 2.24. The lowest BCUT2D eigenvalue weighted by molar-refractivity contribution is -0.114. The number of nitrogens with zero attached hydrogens (tertiary/aromatic N) is 1. The van der Waals surface area contributed by atoms with Gasteiger partial charge in [0.15, 0.2) is 0 Å². The van der Waals surface area contributed by atoms with Crippen LogP contribution in [0.2, 0.25) is 10.0 Å². The summed E-state index contributed by atoms with van der Waals surface area (Å²) in [5, 5.41) is 3.12. The van der Waals surface area contributed by atoms with Gasteiger partial charge in [0, 0.05) is 5.02 Å². The SMILES string of the molecule is COC(=O)c1ccc(Cl)c(NC(=O)CN(c2ccc(Cl)cc2)S(C)(=O)=O)c1. The summed E-state index contributed by atoms with van der Waals surface area (Å²) in [5.74, 6) is -1.24.